The fraction of sp³-hybridized carbons (Fsp3) is 0.222. The summed E-state index contributed by atoms with van der Waals surface area (Å²) in [5.41, 5.74) is 4.34. The zero-order chi connectivity index (χ0) is 21.0. The van der Waals surface area contributed by atoms with E-state index in [2.05, 4.69) is 10.9 Å². The van der Waals surface area contributed by atoms with E-state index in [1.54, 1.807) is 0 Å². The molecule has 8 nitrogen and oxygen atoms in total. The summed E-state index contributed by atoms with van der Waals surface area (Å²) in [5.74, 6) is -2.08. The lowest BCUT2D eigenvalue weighted by atomic mass is 10.2. The number of ether oxygens (including phenoxy) is 1. The first-order chi connectivity index (χ1) is 13.8. The average Bonchev–Trinajstić information content (AvgIpc) is 2.72. The molecule has 1 fully saturated rings. The molecule has 0 aliphatic carbocycles. The minimum atomic E-state index is -3.77. The molecule has 154 valence electrons. The number of sulfonamides is 1. The molecule has 1 saturated heterocycles. The van der Waals surface area contributed by atoms with Crippen molar-refractivity contribution >= 4 is 33.4 Å². The standard InChI is InChI=1S/C18H17ClFN3O5S/c19-16-11-13(20)4-5-15(16)18(25)22-21-17(24)12-2-1-3-14(10-12)29(26,27)23-6-8-28-9-7-23/h1-5,10-11H,6-9H2,(H,21,24)(H,22,25). The molecule has 0 radical (unpaired) electrons. The van der Waals surface area contributed by atoms with Crippen molar-refractivity contribution in [3.8, 4) is 0 Å². The molecule has 2 aromatic rings. The summed E-state index contributed by atoms with van der Waals surface area (Å²) < 4.78 is 44.9. The molecule has 1 heterocycles. The first-order valence-corrected chi connectivity index (χ1v) is 10.3. The number of hydrazine groups is 1. The molecule has 0 unspecified atom stereocenters. The molecule has 0 atom stereocenters. The number of hydrogen-bond acceptors (Lipinski definition) is 5. The molecule has 2 N–H and O–H groups in total. The summed E-state index contributed by atoms with van der Waals surface area (Å²) in [6.45, 7) is 1.06. The molecule has 0 saturated carbocycles. The molecule has 1 aliphatic heterocycles. The van der Waals surface area contributed by atoms with E-state index in [9.17, 15) is 22.4 Å². The van der Waals surface area contributed by atoms with Crippen molar-refractivity contribution in [2.75, 3.05) is 26.3 Å². The summed E-state index contributed by atoms with van der Waals surface area (Å²) in [4.78, 5) is 24.4. The van der Waals surface area contributed by atoms with Crippen molar-refractivity contribution < 1.29 is 27.1 Å². The second-order valence-electron chi connectivity index (χ2n) is 6.08. The molecule has 0 bridgehead atoms. The number of morpholine rings is 1. The molecule has 1 aliphatic rings. The number of rotatable bonds is 4. The van der Waals surface area contributed by atoms with Crippen LogP contribution in [-0.2, 0) is 14.8 Å². The van der Waals surface area contributed by atoms with Crippen LogP contribution >= 0.6 is 11.6 Å². The lowest BCUT2D eigenvalue weighted by Crippen LogP contribution is -2.42. The summed E-state index contributed by atoms with van der Waals surface area (Å²) in [7, 11) is -3.77. The summed E-state index contributed by atoms with van der Waals surface area (Å²) >= 11 is 5.81. The minimum absolute atomic E-state index is 0.0305. The monoisotopic (exact) mass is 441 g/mol. The van der Waals surface area contributed by atoms with Gasteiger partial charge in [0.15, 0.2) is 0 Å². The van der Waals surface area contributed by atoms with Crippen LogP contribution < -0.4 is 10.9 Å². The predicted molar refractivity (Wildman–Crippen MR) is 102 cm³/mol. The first-order valence-electron chi connectivity index (χ1n) is 8.53. The van der Waals surface area contributed by atoms with Gasteiger partial charge in [-0.05, 0) is 36.4 Å². The Morgan fingerprint density at radius 1 is 1.03 bits per heavy atom. The van der Waals surface area contributed by atoms with E-state index in [0.29, 0.717) is 13.2 Å². The van der Waals surface area contributed by atoms with Crippen LogP contribution in [0, 0.1) is 5.82 Å². The maximum absolute atomic E-state index is 13.1. The highest BCUT2D eigenvalue weighted by Crippen LogP contribution is 2.19. The number of nitrogens with one attached hydrogen (secondary N) is 2. The highest BCUT2D eigenvalue weighted by Gasteiger charge is 2.27. The van der Waals surface area contributed by atoms with Crippen LogP contribution in [0.25, 0.3) is 0 Å². The van der Waals surface area contributed by atoms with Gasteiger partial charge in [-0.3, -0.25) is 20.4 Å². The molecular formula is C18H17ClFN3O5S. The lowest BCUT2D eigenvalue weighted by molar-refractivity contribution is 0.0730. The second kappa shape index (κ2) is 8.87. The van der Waals surface area contributed by atoms with Crippen molar-refractivity contribution in [3.63, 3.8) is 0 Å². The fourth-order valence-electron chi connectivity index (χ4n) is 2.66. The number of carbonyl (C=O) groups excluding carboxylic acids is 2. The van der Waals surface area contributed by atoms with E-state index >= 15 is 0 Å². The number of nitrogens with zero attached hydrogens (tertiary/aromatic N) is 1. The van der Waals surface area contributed by atoms with E-state index in [1.165, 1.54) is 34.6 Å². The quantitative estimate of drug-likeness (QED) is 0.701. The van der Waals surface area contributed by atoms with Gasteiger partial charge in [0.2, 0.25) is 10.0 Å². The molecule has 2 amide bonds. The van der Waals surface area contributed by atoms with Crippen LogP contribution in [0.15, 0.2) is 47.4 Å². The Hall–Kier alpha value is -2.53. The van der Waals surface area contributed by atoms with Crippen LogP contribution in [-0.4, -0.2) is 50.8 Å². The van der Waals surface area contributed by atoms with E-state index < -0.39 is 27.7 Å². The normalized spacial score (nSPS) is 15.0. The lowest BCUT2D eigenvalue weighted by Gasteiger charge is -2.26. The predicted octanol–water partition coefficient (Wildman–Crippen LogP) is 1.57. The van der Waals surface area contributed by atoms with Crippen LogP contribution in [0.1, 0.15) is 20.7 Å². The third kappa shape index (κ3) is 4.91. The number of hydrogen-bond donors (Lipinski definition) is 2. The van der Waals surface area contributed by atoms with E-state index in [4.69, 9.17) is 16.3 Å². The van der Waals surface area contributed by atoms with Gasteiger partial charge in [0.1, 0.15) is 5.82 Å². The van der Waals surface area contributed by atoms with Gasteiger partial charge < -0.3 is 4.74 Å². The highest BCUT2D eigenvalue weighted by molar-refractivity contribution is 7.89. The SMILES string of the molecule is O=C(NNC(=O)c1ccc(F)cc1Cl)c1cccc(S(=O)(=O)N2CCOCC2)c1. The Kier molecular flexibility index (Phi) is 6.48. The zero-order valence-electron chi connectivity index (χ0n) is 15.0. The van der Waals surface area contributed by atoms with Crippen LogP contribution in [0.2, 0.25) is 5.02 Å². The van der Waals surface area contributed by atoms with Crippen molar-refractivity contribution in [3.05, 3.63) is 64.4 Å². The van der Waals surface area contributed by atoms with Gasteiger partial charge in [-0.25, -0.2) is 12.8 Å². The van der Waals surface area contributed by atoms with Gasteiger partial charge in [0.05, 0.1) is 28.7 Å². The summed E-state index contributed by atoms with van der Waals surface area (Å²) in [5, 5.41) is -0.115. The number of amides is 2. The summed E-state index contributed by atoms with van der Waals surface area (Å²) in [6, 6.07) is 8.65. The number of halogens is 2. The maximum Gasteiger partial charge on any atom is 0.271 e. The van der Waals surface area contributed by atoms with Gasteiger partial charge in [-0.2, -0.15) is 4.31 Å². The Balaban J connectivity index is 1.70. The fourth-order valence-corrected chi connectivity index (χ4v) is 4.37. The molecule has 29 heavy (non-hydrogen) atoms. The van der Waals surface area contributed by atoms with Gasteiger partial charge in [-0.1, -0.05) is 17.7 Å². The van der Waals surface area contributed by atoms with E-state index in [0.717, 1.165) is 12.1 Å². The molecular weight excluding hydrogens is 425 g/mol. The van der Waals surface area contributed by atoms with Gasteiger partial charge in [0.25, 0.3) is 11.8 Å². The Morgan fingerprint density at radius 2 is 1.72 bits per heavy atom. The smallest absolute Gasteiger partial charge is 0.271 e. The zero-order valence-corrected chi connectivity index (χ0v) is 16.6. The highest BCUT2D eigenvalue weighted by atomic mass is 35.5. The van der Waals surface area contributed by atoms with Crippen molar-refractivity contribution in [2.45, 2.75) is 4.90 Å². The number of carbonyl (C=O) groups is 2. The molecule has 3 rings (SSSR count). The van der Waals surface area contributed by atoms with Crippen molar-refractivity contribution in [1.82, 2.24) is 15.2 Å². The minimum Gasteiger partial charge on any atom is -0.379 e. The van der Waals surface area contributed by atoms with Gasteiger partial charge in [-0.15, -0.1) is 0 Å². The van der Waals surface area contributed by atoms with Crippen molar-refractivity contribution in [1.29, 1.82) is 0 Å². The maximum atomic E-state index is 13.1. The summed E-state index contributed by atoms with van der Waals surface area (Å²) in [6.07, 6.45) is 0. The molecule has 0 spiro atoms. The molecule has 11 heteroatoms. The van der Waals surface area contributed by atoms with Crippen LogP contribution in [0.3, 0.4) is 0 Å². The van der Waals surface area contributed by atoms with Crippen LogP contribution in [0.5, 0.6) is 0 Å². The number of benzene rings is 2. The van der Waals surface area contributed by atoms with Crippen LogP contribution in [0.4, 0.5) is 4.39 Å². The average molecular weight is 442 g/mol. The Morgan fingerprint density at radius 3 is 2.41 bits per heavy atom. The Labute approximate surface area is 171 Å². The third-order valence-electron chi connectivity index (χ3n) is 4.17. The van der Waals surface area contributed by atoms with Gasteiger partial charge >= 0.3 is 0 Å². The van der Waals surface area contributed by atoms with Crippen molar-refractivity contribution in [2.24, 2.45) is 0 Å². The molecule has 2 aromatic carbocycles. The third-order valence-corrected chi connectivity index (χ3v) is 6.38. The van der Waals surface area contributed by atoms with Gasteiger partial charge in [0, 0.05) is 18.7 Å². The second-order valence-corrected chi connectivity index (χ2v) is 8.42. The van der Waals surface area contributed by atoms with E-state index in [-0.39, 0.29) is 34.1 Å². The largest absolute Gasteiger partial charge is 0.379 e. The molecule has 0 aromatic heterocycles. The topological polar surface area (TPSA) is 105 Å². The van der Waals surface area contributed by atoms with E-state index in [1.807, 2.05) is 0 Å². The first kappa shape index (κ1) is 21.2. The Bertz CT molecular complexity index is 1040.